The summed E-state index contributed by atoms with van der Waals surface area (Å²) < 4.78 is 0. The molecule has 2 unspecified atom stereocenters. The Morgan fingerprint density at radius 1 is 1.12 bits per heavy atom. The fourth-order valence-electron chi connectivity index (χ4n) is 3.89. The molecule has 2 aliphatic rings. The number of rotatable bonds is 7. The predicted molar refractivity (Wildman–Crippen MR) is 106 cm³/mol. The van der Waals surface area contributed by atoms with Crippen LogP contribution in [0.2, 0.25) is 0 Å². The molecule has 1 aliphatic heterocycles. The van der Waals surface area contributed by atoms with Crippen LogP contribution >= 0.6 is 11.3 Å². The average Bonchev–Trinajstić information content (AvgIpc) is 3.12. The van der Waals surface area contributed by atoms with Crippen LogP contribution in [0.25, 0.3) is 0 Å². The molecule has 1 saturated heterocycles. The van der Waals surface area contributed by atoms with Gasteiger partial charge in [-0.25, -0.2) is 4.79 Å². The number of thiophene rings is 1. The smallest absolute Gasteiger partial charge is 0.315 e. The number of likely N-dealkylation sites (tertiary alicyclic amines) is 1. The Balaban J connectivity index is 1.37. The van der Waals surface area contributed by atoms with E-state index < -0.39 is 0 Å². The molecular weight excluding hydrogens is 342 g/mol. The van der Waals surface area contributed by atoms with Gasteiger partial charge in [0.2, 0.25) is 0 Å². The van der Waals surface area contributed by atoms with Gasteiger partial charge in [-0.1, -0.05) is 36.4 Å². The van der Waals surface area contributed by atoms with Gasteiger partial charge >= 0.3 is 6.03 Å². The molecule has 2 aromatic rings. The van der Waals surface area contributed by atoms with E-state index >= 15 is 0 Å². The third-order valence-corrected chi connectivity index (χ3v) is 6.42. The van der Waals surface area contributed by atoms with Crippen molar-refractivity contribution in [1.82, 2.24) is 15.5 Å². The first kappa shape index (κ1) is 17.6. The first-order valence-electron chi connectivity index (χ1n) is 9.68. The Hall–Kier alpha value is -1.85. The third-order valence-electron chi connectivity index (χ3n) is 5.45. The van der Waals surface area contributed by atoms with Gasteiger partial charge in [-0.05, 0) is 61.7 Å². The molecule has 26 heavy (non-hydrogen) atoms. The van der Waals surface area contributed by atoms with Crippen molar-refractivity contribution in [1.29, 1.82) is 0 Å². The van der Waals surface area contributed by atoms with Crippen LogP contribution in [0.3, 0.4) is 0 Å². The van der Waals surface area contributed by atoms with E-state index in [2.05, 4.69) is 45.2 Å². The molecule has 1 aliphatic carbocycles. The minimum Gasteiger partial charge on any atom is -0.336 e. The van der Waals surface area contributed by atoms with Crippen LogP contribution < -0.4 is 10.6 Å². The summed E-state index contributed by atoms with van der Waals surface area (Å²) in [6.07, 6.45) is 4.91. The molecule has 0 spiro atoms. The minimum absolute atomic E-state index is 0.0495. The van der Waals surface area contributed by atoms with Crippen LogP contribution in [0.15, 0.2) is 47.8 Å². The molecule has 138 valence electrons. The molecule has 2 atom stereocenters. The number of urea groups is 1. The maximum Gasteiger partial charge on any atom is 0.315 e. The molecule has 2 fully saturated rings. The number of benzene rings is 1. The summed E-state index contributed by atoms with van der Waals surface area (Å²) in [6, 6.07) is 15.0. The highest BCUT2D eigenvalue weighted by Crippen LogP contribution is 2.40. The van der Waals surface area contributed by atoms with Crippen LogP contribution in [0.5, 0.6) is 0 Å². The molecule has 4 rings (SSSR count). The van der Waals surface area contributed by atoms with Crippen LogP contribution in [0.1, 0.15) is 48.2 Å². The number of carbonyl (C=O) groups excluding carboxylic acids is 1. The van der Waals surface area contributed by atoms with Crippen molar-refractivity contribution in [2.75, 3.05) is 19.6 Å². The Kier molecular flexibility index (Phi) is 5.56. The molecule has 2 N–H and O–H groups in total. The molecule has 5 heteroatoms. The molecule has 1 saturated carbocycles. The topological polar surface area (TPSA) is 44.4 Å². The third kappa shape index (κ3) is 4.27. The van der Waals surface area contributed by atoms with E-state index in [1.807, 2.05) is 18.2 Å². The lowest BCUT2D eigenvalue weighted by Gasteiger charge is -2.27. The van der Waals surface area contributed by atoms with E-state index in [1.165, 1.54) is 36.1 Å². The van der Waals surface area contributed by atoms with E-state index in [0.717, 1.165) is 13.1 Å². The lowest BCUT2D eigenvalue weighted by atomic mass is 10.0. The lowest BCUT2D eigenvalue weighted by Crippen LogP contribution is -2.43. The summed E-state index contributed by atoms with van der Waals surface area (Å²) in [4.78, 5) is 16.5. The number of amides is 2. The standard InChI is InChI=1S/C21H27N3OS/c25-21(23-20(17-10-11-17)16-7-2-1-3-8-16)22-15-18(19-9-6-14-26-19)24-12-4-5-13-24/h1-3,6-9,14,17-18,20H,4-5,10-13,15H2,(H2,22,23,25). The van der Waals surface area contributed by atoms with E-state index in [-0.39, 0.29) is 12.1 Å². The van der Waals surface area contributed by atoms with Crippen molar-refractivity contribution in [3.63, 3.8) is 0 Å². The van der Waals surface area contributed by atoms with E-state index in [4.69, 9.17) is 0 Å². The zero-order valence-electron chi connectivity index (χ0n) is 15.1. The van der Waals surface area contributed by atoms with Gasteiger partial charge in [0.15, 0.2) is 0 Å². The normalized spacial score (nSPS) is 19.8. The van der Waals surface area contributed by atoms with E-state index in [0.29, 0.717) is 18.5 Å². The number of hydrogen-bond acceptors (Lipinski definition) is 3. The summed E-state index contributed by atoms with van der Waals surface area (Å²) in [5, 5.41) is 8.49. The Labute approximate surface area is 159 Å². The zero-order valence-corrected chi connectivity index (χ0v) is 15.9. The number of nitrogens with zero attached hydrogens (tertiary/aromatic N) is 1. The van der Waals surface area contributed by atoms with Gasteiger partial charge in [0.05, 0.1) is 12.1 Å². The summed E-state index contributed by atoms with van der Waals surface area (Å²) in [6.45, 7) is 2.92. The molecular formula is C21H27N3OS. The zero-order chi connectivity index (χ0) is 17.8. The SMILES string of the molecule is O=C(NCC(c1cccs1)N1CCCC1)NC(c1ccccc1)C1CC1. The van der Waals surface area contributed by atoms with Crippen LogP contribution in [-0.4, -0.2) is 30.6 Å². The van der Waals surface area contributed by atoms with Crippen LogP contribution in [0.4, 0.5) is 4.79 Å². The van der Waals surface area contributed by atoms with Gasteiger partial charge in [-0.3, -0.25) is 4.90 Å². The predicted octanol–water partition coefficient (Wildman–Crippen LogP) is 4.34. The van der Waals surface area contributed by atoms with Crippen molar-refractivity contribution in [3.05, 3.63) is 58.3 Å². The molecule has 2 heterocycles. The fraction of sp³-hybridized carbons (Fsp3) is 0.476. The molecule has 1 aromatic carbocycles. The average molecular weight is 370 g/mol. The van der Waals surface area contributed by atoms with E-state index in [1.54, 1.807) is 11.3 Å². The minimum atomic E-state index is -0.0495. The molecule has 1 aromatic heterocycles. The van der Waals surface area contributed by atoms with Gasteiger partial charge < -0.3 is 10.6 Å². The molecule has 0 radical (unpaired) electrons. The van der Waals surface area contributed by atoms with Crippen LogP contribution in [-0.2, 0) is 0 Å². The van der Waals surface area contributed by atoms with Crippen molar-refractivity contribution < 1.29 is 4.79 Å². The molecule has 4 nitrogen and oxygen atoms in total. The van der Waals surface area contributed by atoms with Gasteiger partial charge in [0.25, 0.3) is 0 Å². The number of carbonyl (C=O) groups is 1. The van der Waals surface area contributed by atoms with Crippen molar-refractivity contribution in [2.45, 2.75) is 37.8 Å². The molecule has 2 amide bonds. The van der Waals surface area contributed by atoms with Gasteiger partial charge in [0.1, 0.15) is 0 Å². The summed E-state index contributed by atoms with van der Waals surface area (Å²) in [5.74, 6) is 0.579. The second kappa shape index (κ2) is 8.23. The van der Waals surface area contributed by atoms with Crippen molar-refractivity contribution >= 4 is 17.4 Å². The summed E-state index contributed by atoms with van der Waals surface area (Å²) >= 11 is 1.78. The van der Waals surface area contributed by atoms with Crippen LogP contribution in [0, 0.1) is 5.92 Å². The maximum absolute atomic E-state index is 12.6. The first-order chi connectivity index (χ1) is 12.8. The second-order valence-electron chi connectivity index (χ2n) is 7.35. The second-order valence-corrected chi connectivity index (χ2v) is 8.33. The number of hydrogen-bond donors (Lipinski definition) is 2. The fourth-order valence-corrected chi connectivity index (χ4v) is 4.75. The highest BCUT2D eigenvalue weighted by atomic mass is 32.1. The summed E-state index contributed by atoms with van der Waals surface area (Å²) in [5.41, 5.74) is 1.21. The van der Waals surface area contributed by atoms with Crippen molar-refractivity contribution in [2.24, 2.45) is 5.92 Å². The summed E-state index contributed by atoms with van der Waals surface area (Å²) in [7, 11) is 0. The first-order valence-corrected chi connectivity index (χ1v) is 10.6. The quantitative estimate of drug-likeness (QED) is 0.763. The Bertz CT molecular complexity index is 693. The monoisotopic (exact) mass is 369 g/mol. The lowest BCUT2D eigenvalue weighted by molar-refractivity contribution is 0.218. The van der Waals surface area contributed by atoms with Gasteiger partial charge in [0, 0.05) is 11.4 Å². The van der Waals surface area contributed by atoms with Gasteiger partial charge in [-0.2, -0.15) is 0 Å². The maximum atomic E-state index is 12.6. The molecule has 0 bridgehead atoms. The largest absolute Gasteiger partial charge is 0.336 e. The Morgan fingerprint density at radius 3 is 2.54 bits per heavy atom. The highest BCUT2D eigenvalue weighted by molar-refractivity contribution is 7.10. The highest BCUT2D eigenvalue weighted by Gasteiger charge is 2.33. The Morgan fingerprint density at radius 2 is 1.88 bits per heavy atom. The van der Waals surface area contributed by atoms with Gasteiger partial charge in [-0.15, -0.1) is 11.3 Å². The van der Waals surface area contributed by atoms with E-state index in [9.17, 15) is 4.79 Å². The van der Waals surface area contributed by atoms with Crippen molar-refractivity contribution in [3.8, 4) is 0 Å². The number of nitrogens with one attached hydrogen (secondary N) is 2.